The molecule has 0 N–H and O–H groups in total. The Labute approximate surface area is 77.2 Å². The summed E-state index contributed by atoms with van der Waals surface area (Å²) >= 11 is 0. The standard InChI is InChI=1S/C9H13NO3/c1-2-5-8(11)13-9(12)10-6-3-4-7-10/h2,5H,3-4,6-7H2,1H3/b5-2+. The zero-order valence-electron chi connectivity index (χ0n) is 7.66. The van der Waals surface area contributed by atoms with Gasteiger partial charge in [-0.25, -0.2) is 9.59 Å². The number of esters is 1. The highest BCUT2D eigenvalue weighted by Crippen LogP contribution is 2.08. The van der Waals surface area contributed by atoms with Gasteiger partial charge in [0.25, 0.3) is 0 Å². The number of rotatable bonds is 1. The number of amides is 1. The van der Waals surface area contributed by atoms with E-state index in [1.807, 2.05) is 0 Å². The van der Waals surface area contributed by atoms with Crippen molar-refractivity contribution in [3.63, 3.8) is 0 Å². The molecule has 1 aliphatic rings. The number of likely N-dealkylation sites (tertiary alicyclic amines) is 1. The Morgan fingerprint density at radius 3 is 2.46 bits per heavy atom. The fourth-order valence-electron chi connectivity index (χ4n) is 1.22. The number of allylic oxidation sites excluding steroid dienone is 1. The molecule has 0 aliphatic carbocycles. The van der Waals surface area contributed by atoms with Crippen molar-refractivity contribution in [3.05, 3.63) is 12.2 Å². The largest absolute Gasteiger partial charge is 0.417 e. The number of ether oxygens (including phenoxy) is 1. The zero-order valence-corrected chi connectivity index (χ0v) is 7.66. The molecule has 1 saturated heterocycles. The summed E-state index contributed by atoms with van der Waals surface area (Å²) in [6.45, 7) is 3.09. The van der Waals surface area contributed by atoms with Crippen LogP contribution in [0.2, 0.25) is 0 Å². The van der Waals surface area contributed by atoms with E-state index in [1.54, 1.807) is 17.9 Å². The fourth-order valence-corrected chi connectivity index (χ4v) is 1.22. The normalized spacial score (nSPS) is 16.5. The maximum atomic E-state index is 11.2. The van der Waals surface area contributed by atoms with E-state index < -0.39 is 12.1 Å². The van der Waals surface area contributed by atoms with Crippen LogP contribution in [0.1, 0.15) is 19.8 Å². The van der Waals surface area contributed by atoms with E-state index in [2.05, 4.69) is 4.74 Å². The predicted molar refractivity (Wildman–Crippen MR) is 47.1 cm³/mol. The van der Waals surface area contributed by atoms with Gasteiger partial charge in [-0.05, 0) is 19.8 Å². The molecule has 1 fully saturated rings. The van der Waals surface area contributed by atoms with Crippen LogP contribution in [-0.4, -0.2) is 30.1 Å². The first kappa shape index (κ1) is 9.77. The van der Waals surface area contributed by atoms with Crippen molar-refractivity contribution in [3.8, 4) is 0 Å². The molecule has 0 aromatic carbocycles. The van der Waals surface area contributed by atoms with E-state index in [1.165, 1.54) is 6.08 Å². The number of hydrogen-bond donors (Lipinski definition) is 0. The highest BCUT2D eigenvalue weighted by atomic mass is 16.6. The van der Waals surface area contributed by atoms with Crippen molar-refractivity contribution in [1.82, 2.24) is 4.90 Å². The van der Waals surface area contributed by atoms with Crippen LogP contribution in [0.15, 0.2) is 12.2 Å². The van der Waals surface area contributed by atoms with Crippen LogP contribution in [0.3, 0.4) is 0 Å². The third kappa shape index (κ3) is 2.89. The van der Waals surface area contributed by atoms with E-state index in [0.29, 0.717) is 13.1 Å². The molecule has 1 heterocycles. The Kier molecular flexibility index (Phi) is 3.49. The number of carbonyl (C=O) groups is 2. The van der Waals surface area contributed by atoms with Crippen LogP contribution in [0, 0.1) is 0 Å². The molecule has 4 nitrogen and oxygen atoms in total. The van der Waals surface area contributed by atoms with Crippen LogP contribution < -0.4 is 0 Å². The smallest absolute Gasteiger partial charge is 0.373 e. The molecule has 0 aromatic heterocycles. The first-order valence-corrected chi connectivity index (χ1v) is 4.37. The average Bonchev–Trinajstić information content (AvgIpc) is 2.55. The van der Waals surface area contributed by atoms with Gasteiger partial charge in [0, 0.05) is 19.2 Å². The van der Waals surface area contributed by atoms with Crippen molar-refractivity contribution in [2.24, 2.45) is 0 Å². The highest BCUT2D eigenvalue weighted by Gasteiger charge is 2.20. The van der Waals surface area contributed by atoms with Crippen molar-refractivity contribution < 1.29 is 14.3 Å². The van der Waals surface area contributed by atoms with Gasteiger partial charge in [-0.15, -0.1) is 0 Å². The van der Waals surface area contributed by atoms with Gasteiger partial charge in [0.1, 0.15) is 0 Å². The molecule has 0 atom stereocenters. The van der Waals surface area contributed by atoms with Crippen LogP contribution in [0.5, 0.6) is 0 Å². The van der Waals surface area contributed by atoms with E-state index >= 15 is 0 Å². The second-order valence-electron chi connectivity index (χ2n) is 2.88. The molecule has 1 aliphatic heterocycles. The molecule has 13 heavy (non-hydrogen) atoms. The number of nitrogens with zero attached hydrogens (tertiary/aromatic N) is 1. The maximum Gasteiger partial charge on any atom is 0.417 e. The van der Waals surface area contributed by atoms with Gasteiger partial charge >= 0.3 is 12.1 Å². The summed E-state index contributed by atoms with van der Waals surface area (Å²) in [5, 5.41) is 0. The Balaban J connectivity index is 2.35. The predicted octanol–water partition coefficient (Wildman–Crippen LogP) is 1.32. The summed E-state index contributed by atoms with van der Waals surface area (Å²) in [6.07, 6.45) is 4.23. The van der Waals surface area contributed by atoms with Crippen LogP contribution in [0.25, 0.3) is 0 Å². The molecule has 1 rings (SSSR count). The van der Waals surface area contributed by atoms with Crippen LogP contribution in [-0.2, 0) is 9.53 Å². The lowest BCUT2D eigenvalue weighted by Gasteiger charge is -2.12. The third-order valence-corrected chi connectivity index (χ3v) is 1.85. The average molecular weight is 183 g/mol. The Morgan fingerprint density at radius 2 is 1.92 bits per heavy atom. The minimum atomic E-state index is -0.598. The van der Waals surface area contributed by atoms with Crippen molar-refractivity contribution in [2.75, 3.05) is 13.1 Å². The SMILES string of the molecule is C/C=C/C(=O)OC(=O)N1CCCC1. The summed E-state index contributed by atoms with van der Waals surface area (Å²) in [5.74, 6) is -0.598. The number of carbonyl (C=O) groups excluding carboxylic acids is 2. The molecule has 1 amide bonds. The van der Waals surface area contributed by atoms with Crippen LogP contribution in [0.4, 0.5) is 4.79 Å². The van der Waals surface area contributed by atoms with Gasteiger partial charge in [-0.3, -0.25) is 0 Å². The van der Waals surface area contributed by atoms with Gasteiger partial charge in [-0.1, -0.05) is 6.08 Å². The summed E-state index contributed by atoms with van der Waals surface area (Å²) in [4.78, 5) is 23.6. The first-order valence-electron chi connectivity index (χ1n) is 4.37. The zero-order chi connectivity index (χ0) is 9.68. The molecule has 0 spiro atoms. The summed E-state index contributed by atoms with van der Waals surface area (Å²) in [7, 11) is 0. The molecule has 72 valence electrons. The molecule has 0 radical (unpaired) electrons. The second kappa shape index (κ2) is 4.64. The topological polar surface area (TPSA) is 46.6 Å². The minimum absolute atomic E-state index is 0.527. The lowest BCUT2D eigenvalue weighted by atomic mass is 10.4. The van der Waals surface area contributed by atoms with E-state index in [-0.39, 0.29) is 0 Å². The molecular formula is C9H13NO3. The Hall–Kier alpha value is -1.32. The van der Waals surface area contributed by atoms with Gasteiger partial charge in [-0.2, -0.15) is 0 Å². The Bertz CT molecular complexity index is 229. The van der Waals surface area contributed by atoms with Crippen molar-refractivity contribution in [2.45, 2.75) is 19.8 Å². The van der Waals surface area contributed by atoms with Gasteiger partial charge in [0.15, 0.2) is 0 Å². The summed E-state index contributed by atoms with van der Waals surface area (Å²) in [6, 6.07) is 0. The molecule has 0 aromatic rings. The maximum absolute atomic E-state index is 11.2. The monoisotopic (exact) mass is 183 g/mol. The Morgan fingerprint density at radius 1 is 1.31 bits per heavy atom. The lowest BCUT2D eigenvalue weighted by Crippen LogP contribution is -2.29. The van der Waals surface area contributed by atoms with Crippen molar-refractivity contribution >= 4 is 12.1 Å². The van der Waals surface area contributed by atoms with E-state index in [4.69, 9.17) is 0 Å². The van der Waals surface area contributed by atoms with Gasteiger partial charge in [0.05, 0.1) is 0 Å². The summed E-state index contributed by atoms with van der Waals surface area (Å²) in [5.41, 5.74) is 0. The van der Waals surface area contributed by atoms with Crippen molar-refractivity contribution in [1.29, 1.82) is 0 Å². The van der Waals surface area contributed by atoms with Gasteiger partial charge < -0.3 is 9.64 Å². The molecule has 0 bridgehead atoms. The van der Waals surface area contributed by atoms with E-state index in [0.717, 1.165) is 12.8 Å². The third-order valence-electron chi connectivity index (χ3n) is 1.85. The highest BCUT2D eigenvalue weighted by molar-refractivity contribution is 5.91. The molecule has 4 heteroatoms. The quantitative estimate of drug-likeness (QED) is 0.350. The number of hydrogen-bond acceptors (Lipinski definition) is 3. The fraction of sp³-hybridized carbons (Fsp3) is 0.556. The molecular weight excluding hydrogens is 170 g/mol. The lowest BCUT2D eigenvalue weighted by molar-refractivity contribution is -0.132. The second-order valence-corrected chi connectivity index (χ2v) is 2.88. The van der Waals surface area contributed by atoms with Gasteiger partial charge in [0.2, 0.25) is 0 Å². The van der Waals surface area contributed by atoms with Crippen LogP contribution >= 0.6 is 0 Å². The molecule has 0 saturated carbocycles. The molecule has 0 unspecified atom stereocenters. The summed E-state index contributed by atoms with van der Waals surface area (Å²) < 4.78 is 4.54. The first-order chi connectivity index (χ1) is 6.24. The van der Waals surface area contributed by atoms with E-state index in [9.17, 15) is 9.59 Å². The minimum Gasteiger partial charge on any atom is -0.373 e.